The van der Waals surface area contributed by atoms with E-state index in [-0.39, 0.29) is 5.41 Å². The minimum Gasteiger partial charge on any atom is -0.293 e. The van der Waals surface area contributed by atoms with Gasteiger partial charge in [0.2, 0.25) is 0 Å². The first-order chi connectivity index (χ1) is 23.5. The molecule has 2 nitrogen and oxygen atoms in total. The van der Waals surface area contributed by atoms with E-state index in [1.165, 1.54) is 63.7 Å². The quantitative estimate of drug-likeness (QED) is 0.189. The Kier molecular flexibility index (Phi) is 6.25. The summed E-state index contributed by atoms with van der Waals surface area (Å²) in [5.74, 6) is 0.946. The lowest BCUT2D eigenvalue weighted by molar-refractivity contribution is 0.608. The van der Waals surface area contributed by atoms with E-state index in [9.17, 15) is 0 Å². The fourth-order valence-corrected chi connectivity index (χ4v) is 10.4. The van der Waals surface area contributed by atoms with E-state index in [1.807, 2.05) is 23.5 Å². The summed E-state index contributed by atoms with van der Waals surface area (Å²) in [5, 5.41) is 2.56. The van der Waals surface area contributed by atoms with Gasteiger partial charge in [-0.25, -0.2) is 4.98 Å². The Hall–Kier alpha value is -4.77. The highest BCUT2D eigenvalue weighted by atomic mass is 32.2. The molecule has 0 saturated heterocycles. The van der Waals surface area contributed by atoms with Crippen molar-refractivity contribution in [2.45, 2.75) is 51.7 Å². The average Bonchev–Trinajstić information content (AvgIpc) is 3.59. The van der Waals surface area contributed by atoms with Gasteiger partial charge < -0.3 is 0 Å². The second-order valence-corrected chi connectivity index (χ2v) is 15.6. The standard InChI is InChI=1S/C44H32N2S2/c1-44(2)34-18-10-9-17-30(34)32-25-33-31-21-22-40-43(48-39-20-12-11-19-38(39)47-40)42(31)46(37(33)26-35(32)44)41-24-29(27-13-5-3-6-14-27)23-36(45-41)28-15-7-4-8-16-28/h3-9,11-17,19-26H,10,18H2,1-2H3. The van der Waals surface area contributed by atoms with E-state index in [4.69, 9.17) is 4.98 Å². The predicted molar refractivity (Wildman–Crippen MR) is 202 cm³/mol. The third-order valence-corrected chi connectivity index (χ3v) is 13.0. The number of benzene rings is 5. The van der Waals surface area contributed by atoms with E-state index in [2.05, 4.69) is 152 Å². The monoisotopic (exact) mass is 652 g/mol. The minimum atomic E-state index is -0.0254. The Labute approximate surface area is 289 Å². The number of hydrogen-bond acceptors (Lipinski definition) is 3. The van der Waals surface area contributed by atoms with E-state index in [1.54, 1.807) is 5.57 Å². The second kappa shape index (κ2) is 10.6. The fraction of sp³-hybridized carbons (Fsp3) is 0.114. The molecule has 2 aliphatic carbocycles. The van der Waals surface area contributed by atoms with Gasteiger partial charge in [-0.3, -0.25) is 4.57 Å². The van der Waals surface area contributed by atoms with Crippen LogP contribution in [0, 0.1) is 0 Å². The van der Waals surface area contributed by atoms with Crippen molar-refractivity contribution in [3.05, 3.63) is 150 Å². The molecule has 0 N–H and O–H groups in total. The third kappa shape index (κ3) is 4.19. The van der Waals surface area contributed by atoms with Gasteiger partial charge in [0.15, 0.2) is 0 Å². The molecule has 4 heteroatoms. The van der Waals surface area contributed by atoms with Crippen LogP contribution < -0.4 is 0 Å². The summed E-state index contributed by atoms with van der Waals surface area (Å²) >= 11 is 3.77. The summed E-state index contributed by atoms with van der Waals surface area (Å²) in [7, 11) is 0. The molecule has 7 aromatic rings. The number of aromatic nitrogens is 2. The van der Waals surface area contributed by atoms with Crippen LogP contribution in [0.3, 0.4) is 0 Å². The molecule has 0 bridgehead atoms. The van der Waals surface area contributed by atoms with Crippen molar-refractivity contribution >= 4 is 50.9 Å². The van der Waals surface area contributed by atoms with Crippen LogP contribution in [0.15, 0.2) is 159 Å². The van der Waals surface area contributed by atoms with E-state index < -0.39 is 0 Å². The van der Waals surface area contributed by atoms with Crippen molar-refractivity contribution < 1.29 is 0 Å². The van der Waals surface area contributed by atoms with Crippen molar-refractivity contribution in [1.29, 1.82) is 0 Å². The number of hydrogen-bond donors (Lipinski definition) is 0. The molecule has 0 amide bonds. The normalized spacial score (nSPS) is 15.8. The first-order valence-corrected chi connectivity index (χ1v) is 18.3. The summed E-state index contributed by atoms with van der Waals surface area (Å²) in [6.07, 6.45) is 6.97. The molecule has 0 spiro atoms. The first kappa shape index (κ1) is 28.3. The van der Waals surface area contributed by atoms with Crippen molar-refractivity contribution in [3.63, 3.8) is 0 Å². The summed E-state index contributed by atoms with van der Waals surface area (Å²) in [5.41, 5.74) is 12.7. The molecule has 2 aromatic heterocycles. The maximum absolute atomic E-state index is 5.49. The largest absolute Gasteiger partial charge is 0.293 e. The second-order valence-electron chi connectivity index (χ2n) is 13.5. The Bertz CT molecular complexity index is 2460. The van der Waals surface area contributed by atoms with E-state index in [0.29, 0.717) is 0 Å². The molecule has 0 unspecified atom stereocenters. The number of rotatable bonds is 3. The van der Waals surface area contributed by atoms with Crippen LogP contribution in [0.5, 0.6) is 0 Å². The van der Waals surface area contributed by atoms with Crippen LogP contribution in [0.25, 0.3) is 55.6 Å². The zero-order chi connectivity index (χ0) is 32.0. The number of pyridine rings is 1. The van der Waals surface area contributed by atoms with Crippen LogP contribution in [-0.4, -0.2) is 9.55 Å². The fourth-order valence-electron chi connectivity index (χ4n) is 8.02. The summed E-state index contributed by atoms with van der Waals surface area (Å²) in [4.78, 5) is 10.7. The highest BCUT2D eigenvalue weighted by molar-refractivity contribution is 8.05. The number of fused-ring (bicyclic) bond motifs is 8. The molecule has 3 heterocycles. The van der Waals surface area contributed by atoms with Gasteiger partial charge in [-0.05, 0) is 83.1 Å². The van der Waals surface area contributed by atoms with E-state index >= 15 is 0 Å². The van der Waals surface area contributed by atoms with Gasteiger partial charge in [-0.1, -0.05) is 134 Å². The van der Waals surface area contributed by atoms with Gasteiger partial charge in [0.05, 0.1) is 21.6 Å². The Morgan fingerprint density at radius 3 is 2.19 bits per heavy atom. The zero-order valence-corrected chi connectivity index (χ0v) is 28.5. The van der Waals surface area contributed by atoms with Gasteiger partial charge in [0.25, 0.3) is 0 Å². The van der Waals surface area contributed by atoms with Gasteiger partial charge in [-0.2, -0.15) is 0 Å². The molecular weight excluding hydrogens is 621 g/mol. The Balaban J connectivity index is 1.32. The first-order valence-electron chi connectivity index (χ1n) is 16.7. The highest BCUT2D eigenvalue weighted by Gasteiger charge is 2.38. The molecule has 1 aliphatic heterocycles. The Morgan fingerprint density at radius 2 is 1.40 bits per heavy atom. The SMILES string of the molecule is CC1(C)C2=C(C=CCC2)c2cc3c4ccc5c(c4n(-c4cc(-c6ccccc6)cc(-c6ccccc6)n4)c3cc21)Sc1ccccc1S5. The summed E-state index contributed by atoms with van der Waals surface area (Å²) < 4.78 is 2.48. The lowest BCUT2D eigenvalue weighted by Crippen LogP contribution is -2.17. The molecular formula is C44H32N2S2. The van der Waals surface area contributed by atoms with Gasteiger partial charge in [0, 0.05) is 36.4 Å². The van der Waals surface area contributed by atoms with Gasteiger partial charge >= 0.3 is 0 Å². The average molecular weight is 653 g/mol. The van der Waals surface area contributed by atoms with Gasteiger partial charge in [0.1, 0.15) is 5.82 Å². The van der Waals surface area contributed by atoms with Crippen molar-refractivity contribution in [1.82, 2.24) is 9.55 Å². The van der Waals surface area contributed by atoms with Crippen LogP contribution in [0.2, 0.25) is 0 Å². The summed E-state index contributed by atoms with van der Waals surface area (Å²) in [6, 6.07) is 44.3. The topological polar surface area (TPSA) is 17.8 Å². The van der Waals surface area contributed by atoms with Crippen molar-refractivity contribution in [3.8, 4) is 28.2 Å². The number of nitrogens with zero attached hydrogens (tertiary/aromatic N) is 2. The molecule has 0 saturated carbocycles. The zero-order valence-electron chi connectivity index (χ0n) is 26.8. The Morgan fingerprint density at radius 1 is 0.667 bits per heavy atom. The molecule has 3 aliphatic rings. The maximum Gasteiger partial charge on any atom is 0.138 e. The number of allylic oxidation sites excluding steroid dienone is 4. The highest BCUT2D eigenvalue weighted by Crippen LogP contribution is 2.55. The van der Waals surface area contributed by atoms with Crippen molar-refractivity contribution in [2.24, 2.45) is 0 Å². The van der Waals surface area contributed by atoms with Crippen LogP contribution in [0.1, 0.15) is 37.8 Å². The summed E-state index contributed by atoms with van der Waals surface area (Å²) in [6.45, 7) is 4.83. The van der Waals surface area contributed by atoms with Gasteiger partial charge in [-0.15, -0.1) is 0 Å². The van der Waals surface area contributed by atoms with Crippen molar-refractivity contribution in [2.75, 3.05) is 0 Å². The van der Waals surface area contributed by atoms with Crippen LogP contribution >= 0.6 is 23.5 Å². The minimum absolute atomic E-state index is 0.0254. The molecule has 10 rings (SSSR count). The molecule has 5 aromatic carbocycles. The molecule has 230 valence electrons. The van der Waals surface area contributed by atoms with Crippen LogP contribution in [0.4, 0.5) is 0 Å². The maximum atomic E-state index is 5.49. The molecule has 0 radical (unpaired) electrons. The van der Waals surface area contributed by atoms with Crippen LogP contribution in [-0.2, 0) is 5.41 Å². The molecule has 0 fully saturated rings. The third-order valence-electron chi connectivity index (χ3n) is 10.4. The molecule has 0 atom stereocenters. The smallest absolute Gasteiger partial charge is 0.138 e. The lowest BCUT2D eigenvalue weighted by atomic mass is 9.78. The predicted octanol–water partition coefficient (Wildman–Crippen LogP) is 12.5. The lowest BCUT2D eigenvalue weighted by Gasteiger charge is -2.25. The molecule has 48 heavy (non-hydrogen) atoms. The van der Waals surface area contributed by atoms with E-state index in [0.717, 1.165) is 35.5 Å².